The largest absolute Gasteiger partial charge is 0.395 e. The average molecular weight is 632 g/mol. The number of carbonyl (C=O) groups excluding carboxylic acids is 2. The molecular weight excluding hydrogens is 586 g/mol. The zero-order chi connectivity index (χ0) is 32.3. The maximum atomic E-state index is 12.4. The van der Waals surface area contributed by atoms with Crippen LogP contribution in [0.15, 0.2) is 72.8 Å². The van der Waals surface area contributed by atoms with Crippen LogP contribution in [0.2, 0.25) is 0 Å². The SMILES string of the molecule is O=C(CCCCC(=O)NCc1ccccc1-c1ccc([C@@H]2O[C@H](CN3CCC[C@H]3CO)C[C@H](c3ccc(CO)cc3)O2)cc1)NO. The third kappa shape index (κ3) is 9.00. The summed E-state index contributed by atoms with van der Waals surface area (Å²) >= 11 is 0. The highest BCUT2D eigenvalue weighted by molar-refractivity contribution is 5.77. The minimum atomic E-state index is -0.566. The quantitative estimate of drug-likeness (QED) is 0.0994. The maximum Gasteiger partial charge on any atom is 0.243 e. The van der Waals surface area contributed by atoms with E-state index in [2.05, 4.69) is 10.2 Å². The molecule has 3 aromatic carbocycles. The lowest BCUT2D eigenvalue weighted by Crippen LogP contribution is -2.42. The predicted molar refractivity (Wildman–Crippen MR) is 172 cm³/mol. The second kappa shape index (κ2) is 16.8. The molecule has 0 bridgehead atoms. The molecule has 4 atom stereocenters. The van der Waals surface area contributed by atoms with Crippen molar-refractivity contribution < 1.29 is 34.5 Å². The molecular formula is C36H45N3O7. The molecule has 0 aliphatic carbocycles. The summed E-state index contributed by atoms with van der Waals surface area (Å²) in [7, 11) is 0. The monoisotopic (exact) mass is 631 g/mol. The Labute approximate surface area is 270 Å². The molecule has 10 nitrogen and oxygen atoms in total. The van der Waals surface area contributed by atoms with Gasteiger partial charge in [0.1, 0.15) is 0 Å². The van der Waals surface area contributed by atoms with E-state index in [0.717, 1.165) is 59.3 Å². The van der Waals surface area contributed by atoms with Gasteiger partial charge in [0, 0.05) is 44.0 Å². The normalized spacial score (nSPS) is 21.6. The summed E-state index contributed by atoms with van der Waals surface area (Å²) in [6, 6.07) is 24.1. The van der Waals surface area contributed by atoms with Crippen molar-refractivity contribution in [2.24, 2.45) is 0 Å². The van der Waals surface area contributed by atoms with E-state index in [4.69, 9.17) is 14.7 Å². The van der Waals surface area contributed by atoms with Crippen molar-refractivity contribution in [3.05, 3.63) is 95.1 Å². The molecule has 246 valence electrons. The summed E-state index contributed by atoms with van der Waals surface area (Å²) in [4.78, 5) is 25.9. The summed E-state index contributed by atoms with van der Waals surface area (Å²) < 4.78 is 13.1. The molecule has 0 saturated carbocycles. The second-order valence-corrected chi connectivity index (χ2v) is 12.1. The smallest absolute Gasteiger partial charge is 0.243 e. The number of aliphatic hydroxyl groups is 2. The molecule has 2 heterocycles. The molecule has 0 unspecified atom stereocenters. The van der Waals surface area contributed by atoms with E-state index >= 15 is 0 Å². The Morgan fingerprint density at radius 1 is 0.870 bits per heavy atom. The number of hydrogen-bond acceptors (Lipinski definition) is 8. The van der Waals surface area contributed by atoms with Gasteiger partial charge >= 0.3 is 0 Å². The average Bonchev–Trinajstić information content (AvgIpc) is 3.56. The molecule has 0 radical (unpaired) electrons. The molecule has 0 spiro atoms. The zero-order valence-corrected chi connectivity index (χ0v) is 26.1. The fraction of sp³-hybridized carbons (Fsp3) is 0.444. The van der Waals surface area contributed by atoms with Crippen molar-refractivity contribution in [3.8, 4) is 11.1 Å². The third-order valence-electron chi connectivity index (χ3n) is 8.93. The number of unbranched alkanes of at least 4 members (excludes halogenated alkanes) is 1. The van der Waals surface area contributed by atoms with Gasteiger partial charge in [-0.15, -0.1) is 0 Å². The Morgan fingerprint density at radius 3 is 2.30 bits per heavy atom. The van der Waals surface area contributed by atoms with Gasteiger partial charge in [-0.2, -0.15) is 0 Å². The molecule has 10 heteroatoms. The highest BCUT2D eigenvalue weighted by Gasteiger charge is 2.35. The minimum Gasteiger partial charge on any atom is -0.395 e. The van der Waals surface area contributed by atoms with E-state index in [-0.39, 0.29) is 43.8 Å². The summed E-state index contributed by atoms with van der Waals surface area (Å²) in [6.45, 7) is 2.20. The van der Waals surface area contributed by atoms with E-state index in [9.17, 15) is 19.8 Å². The van der Waals surface area contributed by atoms with E-state index in [1.54, 1.807) is 5.48 Å². The van der Waals surface area contributed by atoms with Crippen LogP contribution in [0.1, 0.15) is 79.6 Å². The number of benzene rings is 3. The second-order valence-electron chi connectivity index (χ2n) is 12.1. The molecule has 0 aromatic heterocycles. The molecule has 5 rings (SSSR count). The first-order chi connectivity index (χ1) is 22.5. The third-order valence-corrected chi connectivity index (χ3v) is 8.93. The van der Waals surface area contributed by atoms with Gasteiger partial charge in [-0.1, -0.05) is 72.8 Å². The van der Waals surface area contributed by atoms with Gasteiger partial charge in [-0.05, 0) is 60.0 Å². The fourth-order valence-corrected chi connectivity index (χ4v) is 6.32. The standard InChI is InChI=1S/C36H45N3O7/c40-23-25-11-13-27(14-12-25)33-20-31(22-39-19-5-7-30(39)24-41)45-36(46-33)28-17-15-26(16-18-28)32-8-2-1-6-29(32)21-37-34(42)9-3-4-10-35(43)38-44/h1-2,6,8,11-18,30-31,33,36,40-41,44H,3-5,7,9-10,19-24H2,(H,37,42)(H,38,43)/t30-,31-,33+,36+/m0/s1. The van der Waals surface area contributed by atoms with Crippen LogP contribution >= 0.6 is 0 Å². The Bertz CT molecular complexity index is 1420. The molecule has 46 heavy (non-hydrogen) atoms. The number of aliphatic hydroxyl groups excluding tert-OH is 2. The number of nitrogens with one attached hydrogen (secondary N) is 2. The van der Waals surface area contributed by atoms with Gasteiger partial charge in [-0.3, -0.25) is 19.7 Å². The Kier molecular flexibility index (Phi) is 12.3. The van der Waals surface area contributed by atoms with Crippen LogP contribution in [-0.2, 0) is 32.2 Å². The Hall–Kier alpha value is -3.64. The summed E-state index contributed by atoms with van der Waals surface area (Å²) in [5.41, 5.74) is 7.42. The van der Waals surface area contributed by atoms with Crippen LogP contribution in [0.25, 0.3) is 11.1 Å². The molecule has 2 amide bonds. The molecule has 5 N–H and O–H groups in total. The molecule has 2 aliphatic rings. The lowest BCUT2D eigenvalue weighted by atomic mass is 9.97. The van der Waals surface area contributed by atoms with E-state index in [0.29, 0.717) is 32.2 Å². The number of carbonyl (C=O) groups is 2. The highest BCUT2D eigenvalue weighted by Crippen LogP contribution is 2.39. The van der Waals surface area contributed by atoms with Crippen LogP contribution in [0.5, 0.6) is 0 Å². The Balaban J connectivity index is 1.26. The number of hydroxylamine groups is 1. The topological polar surface area (TPSA) is 141 Å². The first kappa shape index (κ1) is 33.7. The number of hydrogen-bond donors (Lipinski definition) is 5. The fourth-order valence-electron chi connectivity index (χ4n) is 6.32. The van der Waals surface area contributed by atoms with Crippen LogP contribution in [0.4, 0.5) is 0 Å². The van der Waals surface area contributed by atoms with Crippen molar-refractivity contribution in [2.75, 3.05) is 19.7 Å². The van der Waals surface area contributed by atoms with E-state index < -0.39 is 12.2 Å². The number of nitrogens with zero attached hydrogens (tertiary/aromatic N) is 1. The van der Waals surface area contributed by atoms with E-state index in [1.807, 2.05) is 72.8 Å². The van der Waals surface area contributed by atoms with Crippen LogP contribution in [-0.4, -0.2) is 64.0 Å². The van der Waals surface area contributed by atoms with Gasteiger partial charge < -0.3 is 25.0 Å². The minimum absolute atomic E-state index is 0.00703. The van der Waals surface area contributed by atoms with Crippen LogP contribution in [0.3, 0.4) is 0 Å². The number of likely N-dealkylation sites (tertiary alicyclic amines) is 1. The van der Waals surface area contributed by atoms with Gasteiger partial charge in [0.25, 0.3) is 0 Å². The van der Waals surface area contributed by atoms with Crippen molar-refractivity contribution in [1.29, 1.82) is 0 Å². The van der Waals surface area contributed by atoms with Gasteiger partial charge in [0.2, 0.25) is 11.8 Å². The van der Waals surface area contributed by atoms with Crippen LogP contribution in [0, 0.1) is 0 Å². The van der Waals surface area contributed by atoms with E-state index in [1.165, 1.54) is 0 Å². The predicted octanol–water partition coefficient (Wildman–Crippen LogP) is 4.53. The van der Waals surface area contributed by atoms with Crippen molar-refractivity contribution in [1.82, 2.24) is 15.7 Å². The molecule has 2 aliphatic heterocycles. The maximum absolute atomic E-state index is 12.4. The highest BCUT2D eigenvalue weighted by atomic mass is 16.7. The molecule has 3 aromatic rings. The lowest BCUT2D eigenvalue weighted by Gasteiger charge is -2.38. The van der Waals surface area contributed by atoms with Crippen molar-refractivity contribution in [3.63, 3.8) is 0 Å². The summed E-state index contributed by atoms with van der Waals surface area (Å²) in [5, 5.41) is 31.0. The number of ether oxygens (including phenoxy) is 2. The first-order valence-corrected chi connectivity index (χ1v) is 16.2. The molecule has 2 fully saturated rings. The Morgan fingerprint density at radius 2 is 1.59 bits per heavy atom. The van der Waals surface area contributed by atoms with Crippen LogP contribution < -0.4 is 10.8 Å². The summed E-state index contributed by atoms with van der Waals surface area (Å²) in [6.07, 6.45) is 3.51. The lowest BCUT2D eigenvalue weighted by molar-refractivity contribution is -0.253. The number of amides is 2. The zero-order valence-electron chi connectivity index (χ0n) is 26.1. The van der Waals surface area contributed by atoms with Gasteiger partial charge in [-0.25, -0.2) is 5.48 Å². The van der Waals surface area contributed by atoms with Crippen molar-refractivity contribution in [2.45, 2.75) is 82.6 Å². The van der Waals surface area contributed by atoms with Gasteiger partial charge in [0.05, 0.1) is 25.4 Å². The number of rotatable bonds is 14. The van der Waals surface area contributed by atoms with Gasteiger partial charge in [0.15, 0.2) is 6.29 Å². The summed E-state index contributed by atoms with van der Waals surface area (Å²) in [5.74, 6) is -0.538. The molecule has 2 saturated heterocycles. The first-order valence-electron chi connectivity index (χ1n) is 16.2. The van der Waals surface area contributed by atoms with Crippen molar-refractivity contribution >= 4 is 11.8 Å².